The highest BCUT2D eigenvalue weighted by atomic mass is 16.3. The largest absolute Gasteiger partial charge is 0.390 e. The lowest BCUT2D eigenvalue weighted by Gasteiger charge is -2.24. The third kappa shape index (κ3) is 4.32. The smallest absolute Gasteiger partial charge is 0.222 e. The summed E-state index contributed by atoms with van der Waals surface area (Å²) in [5.41, 5.74) is 2.49. The second-order valence-corrected chi connectivity index (χ2v) is 5.78. The van der Waals surface area contributed by atoms with Gasteiger partial charge < -0.3 is 10.0 Å². The Bertz CT molecular complexity index is 444. The van der Waals surface area contributed by atoms with E-state index in [1.807, 2.05) is 7.05 Å². The monoisotopic (exact) mass is 276 g/mol. The first-order valence-electron chi connectivity index (χ1n) is 7.24. The van der Waals surface area contributed by atoms with Gasteiger partial charge in [-0.15, -0.1) is 0 Å². The molecule has 4 heteroatoms. The van der Waals surface area contributed by atoms with Crippen molar-refractivity contribution in [3.8, 4) is 0 Å². The predicted octanol–water partition coefficient (Wildman–Crippen LogP) is 1.41. The van der Waals surface area contributed by atoms with Crippen LogP contribution >= 0.6 is 0 Å². The van der Waals surface area contributed by atoms with Crippen molar-refractivity contribution in [2.45, 2.75) is 32.4 Å². The van der Waals surface area contributed by atoms with Gasteiger partial charge in [-0.3, -0.25) is 9.69 Å². The van der Waals surface area contributed by atoms with Crippen LogP contribution in [0.15, 0.2) is 24.3 Å². The van der Waals surface area contributed by atoms with E-state index in [0.717, 1.165) is 19.5 Å². The number of aryl methyl sites for hydroxylation is 1. The minimum Gasteiger partial charge on any atom is -0.390 e. The molecule has 110 valence electrons. The summed E-state index contributed by atoms with van der Waals surface area (Å²) >= 11 is 0. The van der Waals surface area contributed by atoms with E-state index in [9.17, 15) is 9.90 Å². The number of benzene rings is 1. The van der Waals surface area contributed by atoms with Gasteiger partial charge in [0.2, 0.25) is 5.91 Å². The van der Waals surface area contributed by atoms with E-state index in [-0.39, 0.29) is 5.91 Å². The van der Waals surface area contributed by atoms with E-state index in [1.165, 1.54) is 11.1 Å². The van der Waals surface area contributed by atoms with Crippen LogP contribution in [-0.2, 0) is 11.3 Å². The van der Waals surface area contributed by atoms with E-state index in [1.54, 1.807) is 4.90 Å². The second-order valence-electron chi connectivity index (χ2n) is 5.78. The maximum Gasteiger partial charge on any atom is 0.222 e. The number of hydrogen-bond acceptors (Lipinski definition) is 3. The van der Waals surface area contributed by atoms with Gasteiger partial charge >= 0.3 is 0 Å². The number of amides is 1. The van der Waals surface area contributed by atoms with Crippen LogP contribution in [0.2, 0.25) is 0 Å². The van der Waals surface area contributed by atoms with Gasteiger partial charge in [-0.05, 0) is 26.0 Å². The van der Waals surface area contributed by atoms with Crippen LogP contribution in [0.3, 0.4) is 0 Å². The second kappa shape index (κ2) is 6.86. The number of likely N-dealkylation sites (tertiary alicyclic amines) is 1. The Kier molecular flexibility index (Phi) is 5.15. The van der Waals surface area contributed by atoms with Crippen molar-refractivity contribution in [3.63, 3.8) is 0 Å². The Morgan fingerprint density at radius 3 is 2.65 bits per heavy atom. The van der Waals surface area contributed by atoms with Crippen molar-refractivity contribution in [3.05, 3.63) is 35.4 Å². The van der Waals surface area contributed by atoms with Crippen LogP contribution in [0.1, 0.15) is 24.0 Å². The molecule has 1 amide bonds. The molecule has 1 unspecified atom stereocenters. The lowest BCUT2D eigenvalue weighted by Crippen LogP contribution is -2.39. The van der Waals surface area contributed by atoms with Crippen molar-refractivity contribution >= 4 is 5.91 Å². The third-order valence-corrected chi connectivity index (χ3v) is 3.70. The van der Waals surface area contributed by atoms with Gasteiger partial charge in [0, 0.05) is 32.6 Å². The summed E-state index contributed by atoms with van der Waals surface area (Å²) < 4.78 is 0. The number of hydrogen-bond donors (Lipinski definition) is 1. The molecule has 2 rings (SSSR count). The average Bonchev–Trinajstić information content (AvgIpc) is 2.77. The first-order chi connectivity index (χ1) is 9.54. The fraction of sp³-hybridized carbons (Fsp3) is 0.562. The Morgan fingerprint density at radius 1 is 1.35 bits per heavy atom. The standard InChI is InChI=1S/C16H24N2O2/c1-13-5-7-14(8-6-13)10-17(2)11-15(19)12-18-9-3-4-16(18)20/h5-8,15,19H,3-4,9-12H2,1-2H3. The van der Waals surface area contributed by atoms with Crippen molar-refractivity contribution in [1.29, 1.82) is 0 Å². The van der Waals surface area contributed by atoms with Crippen LogP contribution in [-0.4, -0.2) is 53.6 Å². The molecule has 1 heterocycles. The average molecular weight is 276 g/mol. The summed E-state index contributed by atoms with van der Waals surface area (Å²) in [7, 11) is 1.99. The zero-order chi connectivity index (χ0) is 14.5. The molecular formula is C16H24N2O2. The van der Waals surface area contributed by atoms with Crippen molar-refractivity contribution in [2.75, 3.05) is 26.7 Å². The molecule has 1 aliphatic heterocycles. The van der Waals surface area contributed by atoms with Gasteiger partial charge in [-0.2, -0.15) is 0 Å². The molecule has 1 aromatic carbocycles. The number of nitrogens with zero attached hydrogens (tertiary/aromatic N) is 2. The molecule has 1 atom stereocenters. The molecule has 20 heavy (non-hydrogen) atoms. The lowest BCUT2D eigenvalue weighted by atomic mass is 10.1. The van der Waals surface area contributed by atoms with Crippen LogP contribution in [0.25, 0.3) is 0 Å². The first-order valence-corrected chi connectivity index (χ1v) is 7.24. The topological polar surface area (TPSA) is 43.8 Å². The molecule has 0 spiro atoms. The summed E-state index contributed by atoms with van der Waals surface area (Å²) in [6, 6.07) is 8.43. The highest BCUT2D eigenvalue weighted by molar-refractivity contribution is 5.78. The van der Waals surface area contributed by atoms with Gasteiger partial charge in [0.1, 0.15) is 0 Å². The molecule has 0 saturated carbocycles. The van der Waals surface area contributed by atoms with E-state index >= 15 is 0 Å². The van der Waals surface area contributed by atoms with Crippen LogP contribution < -0.4 is 0 Å². The van der Waals surface area contributed by atoms with Crippen LogP contribution in [0.4, 0.5) is 0 Å². The number of carbonyl (C=O) groups is 1. The highest BCUT2D eigenvalue weighted by Crippen LogP contribution is 2.11. The quantitative estimate of drug-likeness (QED) is 0.854. The summed E-state index contributed by atoms with van der Waals surface area (Å²) in [5.74, 6) is 0.172. The Balaban J connectivity index is 1.77. The van der Waals surface area contributed by atoms with E-state index < -0.39 is 6.10 Å². The zero-order valence-corrected chi connectivity index (χ0v) is 12.4. The molecule has 0 radical (unpaired) electrons. The Labute approximate surface area is 121 Å². The van der Waals surface area contributed by atoms with Crippen LogP contribution in [0.5, 0.6) is 0 Å². The molecule has 1 saturated heterocycles. The minimum atomic E-state index is -0.479. The maximum absolute atomic E-state index is 11.5. The van der Waals surface area contributed by atoms with Gasteiger partial charge in [0.05, 0.1) is 6.10 Å². The summed E-state index contributed by atoms with van der Waals surface area (Å²) in [5, 5.41) is 10.1. The molecule has 4 nitrogen and oxygen atoms in total. The van der Waals surface area contributed by atoms with E-state index in [0.29, 0.717) is 19.5 Å². The predicted molar refractivity (Wildman–Crippen MR) is 79.3 cm³/mol. The van der Waals surface area contributed by atoms with E-state index in [4.69, 9.17) is 0 Å². The third-order valence-electron chi connectivity index (χ3n) is 3.70. The number of β-amino-alcohol motifs (C(OH)–C–C–N with tert-alkyl or cyclic N) is 1. The Morgan fingerprint density at radius 2 is 2.05 bits per heavy atom. The Hall–Kier alpha value is -1.39. The molecular weight excluding hydrogens is 252 g/mol. The fourth-order valence-electron chi connectivity index (χ4n) is 2.64. The van der Waals surface area contributed by atoms with Gasteiger partial charge in [-0.1, -0.05) is 29.8 Å². The molecule has 0 aromatic heterocycles. The molecule has 1 aromatic rings. The number of likely N-dealkylation sites (N-methyl/N-ethyl adjacent to an activating group) is 1. The summed E-state index contributed by atoms with van der Waals surface area (Å²) in [6.45, 7) is 4.71. The fourth-order valence-corrected chi connectivity index (χ4v) is 2.64. The van der Waals surface area contributed by atoms with E-state index in [2.05, 4.69) is 36.1 Å². The lowest BCUT2D eigenvalue weighted by molar-refractivity contribution is -0.129. The number of carbonyl (C=O) groups excluding carboxylic acids is 1. The first kappa shape index (κ1) is 15.0. The minimum absolute atomic E-state index is 0.172. The molecule has 1 N–H and O–H groups in total. The SMILES string of the molecule is Cc1ccc(CN(C)CC(O)CN2CCCC2=O)cc1. The summed E-state index contributed by atoms with van der Waals surface area (Å²) in [6.07, 6.45) is 1.07. The normalized spacial score (nSPS) is 17.0. The molecule has 1 fully saturated rings. The van der Waals surface area contributed by atoms with Crippen molar-refractivity contribution < 1.29 is 9.90 Å². The van der Waals surface area contributed by atoms with Gasteiger partial charge in [0.15, 0.2) is 0 Å². The summed E-state index contributed by atoms with van der Waals surface area (Å²) in [4.78, 5) is 15.4. The molecule has 0 bridgehead atoms. The maximum atomic E-state index is 11.5. The van der Waals surface area contributed by atoms with Gasteiger partial charge in [-0.25, -0.2) is 0 Å². The highest BCUT2D eigenvalue weighted by Gasteiger charge is 2.22. The number of aliphatic hydroxyl groups is 1. The number of aliphatic hydroxyl groups excluding tert-OH is 1. The van der Waals surface area contributed by atoms with Gasteiger partial charge in [0.25, 0.3) is 0 Å². The zero-order valence-electron chi connectivity index (χ0n) is 12.4. The van der Waals surface area contributed by atoms with Crippen LogP contribution in [0, 0.1) is 6.92 Å². The van der Waals surface area contributed by atoms with Crippen molar-refractivity contribution in [1.82, 2.24) is 9.80 Å². The molecule has 0 aliphatic carbocycles. The molecule has 1 aliphatic rings. The van der Waals surface area contributed by atoms with Crippen molar-refractivity contribution in [2.24, 2.45) is 0 Å². The number of rotatable bonds is 6.